The molecule has 0 radical (unpaired) electrons. The lowest BCUT2D eigenvalue weighted by Crippen LogP contribution is -2.35. The van der Waals surface area contributed by atoms with Gasteiger partial charge in [0.1, 0.15) is 9.88 Å². The Bertz CT molecular complexity index is 717. The zero-order chi connectivity index (χ0) is 17.6. The molecule has 25 heavy (non-hydrogen) atoms. The molecule has 1 saturated heterocycles. The first-order valence-corrected chi connectivity index (χ1v) is 10.5. The third-order valence-electron chi connectivity index (χ3n) is 4.35. The van der Waals surface area contributed by atoms with Crippen LogP contribution in [0.15, 0.2) is 16.8 Å². The Morgan fingerprint density at radius 2 is 2.00 bits per heavy atom. The molecule has 3 rings (SSSR count). The number of carbonyl (C=O) groups excluding carboxylic acids is 2. The minimum Gasteiger partial charge on any atom is -0.351 e. The smallest absolute Gasteiger partial charge is 0.263 e. The van der Waals surface area contributed by atoms with Crippen LogP contribution in [0.2, 0.25) is 0 Å². The van der Waals surface area contributed by atoms with Crippen LogP contribution in [-0.2, 0) is 4.79 Å². The summed E-state index contributed by atoms with van der Waals surface area (Å²) in [7, 11) is 0. The van der Waals surface area contributed by atoms with Gasteiger partial charge in [-0.2, -0.15) is 11.3 Å². The van der Waals surface area contributed by atoms with Crippen molar-refractivity contribution in [2.45, 2.75) is 39.0 Å². The van der Waals surface area contributed by atoms with Crippen LogP contribution >= 0.6 is 22.7 Å². The van der Waals surface area contributed by atoms with Gasteiger partial charge < -0.3 is 10.2 Å². The molecule has 1 fully saturated rings. The minimum absolute atomic E-state index is 0.139. The highest BCUT2D eigenvalue weighted by Gasteiger charge is 2.18. The van der Waals surface area contributed by atoms with Crippen LogP contribution in [0.1, 0.15) is 47.5 Å². The highest BCUT2D eigenvalue weighted by Crippen LogP contribution is 2.29. The molecule has 1 N–H and O–H groups in total. The van der Waals surface area contributed by atoms with Crippen LogP contribution in [0.5, 0.6) is 0 Å². The van der Waals surface area contributed by atoms with Crippen molar-refractivity contribution < 1.29 is 9.59 Å². The summed E-state index contributed by atoms with van der Waals surface area (Å²) in [5, 5.41) is 7.76. The maximum absolute atomic E-state index is 12.4. The molecule has 0 saturated carbocycles. The summed E-state index contributed by atoms with van der Waals surface area (Å²) in [6.07, 6.45) is 4.95. The molecule has 2 aromatic heterocycles. The van der Waals surface area contributed by atoms with E-state index in [2.05, 4.69) is 10.3 Å². The molecule has 3 heterocycles. The molecule has 7 heteroatoms. The normalized spacial score (nSPS) is 15.0. The van der Waals surface area contributed by atoms with Crippen LogP contribution in [0.4, 0.5) is 0 Å². The third-order valence-corrected chi connectivity index (χ3v) is 6.24. The van der Waals surface area contributed by atoms with Gasteiger partial charge in [-0.15, -0.1) is 11.3 Å². The van der Waals surface area contributed by atoms with Crippen molar-refractivity contribution in [3.05, 3.63) is 27.4 Å². The van der Waals surface area contributed by atoms with Crippen LogP contribution in [0, 0.1) is 6.92 Å². The van der Waals surface area contributed by atoms with Crippen molar-refractivity contribution in [3.8, 4) is 10.6 Å². The second kappa shape index (κ2) is 8.58. The van der Waals surface area contributed by atoms with Crippen LogP contribution in [0.3, 0.4) is 0 Å². The quantitative estimate of drug-likeness (QED) is 0.864. The Kier molecular flexibility index (Phi) is 6.20. The van der Waals surface area contributed by atoms with Gasteiger partial charge in [-0.05, 0) is 31.2 Å². The summed E-state index contributed by atoms with van der Waals surface area (Å²) in [4.78, 5) is 31.7. The lowest BCUT2D eigenvalue weighted by atomic mass is 10.2. The third kappa shape index (κ3) is 4.67. The van der Waals surface area contributed by atoms with Gasteiger partial charge in [0.2, 0.25) is 5.91 Å². The lowest BCUT2D eigenvalue weighted by molar-refractivity contribution is -0.131. The molecule has 134 valence electrons. The van der Waals surface area contributed by atoms with Gasteiger partial charge in [0.05, 0.1) is 5.69 Å². The number of aryl methyl sites for hydroxylation is 1. The summed E-state index contributed by atoms with van der Waals surface area (Å²) in [6.45, 7) is 3.93. The molecule has 0 unspecified atom stereocenters. The van der Waals surface area contributed by atoms with Crippen LogP contribution < -0.4 is 5.32 Å². The second-order valence-corrected chi connectivity index (χ2v) is 8.03. The molecule has 0 aromatic carbocycles. The summed E-state index contributed by atoms with van der Waals surface area (Å²) < 4.78 is 0. The van der Waals surface area contributed by atoms with Crippen LogP contribution in [-0.4, -0.2) is 41.3 Å². The number of hydrogen-bond donors (Lipinski definition) is 1. The Balaban J connectivity index is 1.52. The van der Waals surface area contributed by atoms with Gasteiger partial charge in [-0.25, -0.2) is 4.98 Å². The van der Waals surface area contributed by atoms with E-state index in [4.69, 9.17) is 0 Å². The summed E-state index contributed by atoms with van der Waals surface area (Å²) in [6, 6.07) is 2.00. The molecule has 1 aliphatic rings. The maximum Gasteiger partial charge on any atom is 0.263 e. The highest BCUT2D eigenvalue weighted by atomic mass is 32.1. The molecule has 2 amide bonds. The van der Waals surface area contributed by atoms with E-state index in [1.807, 2.05) is 28.7 Å². The number of aromatic nitrogens is 1. The summed E-state index contributed by atoms with van der Waals surface area (Å²) in [5.41, 5.74) is 1.79. The molecule has 0 bridgehead atoms. The van der Waals surface area contributed by atoms with E-state index >= 15 is 0 Å². The first kappa shape index (κ1) is 18.1. The van der Waals surface area contributed by atoms with Crippen molar-refractivity contribution >= 4 is 34.5 Å². The fourth-order valence-electron chi connectivity index (χ4n) is 2.96. The SMILES string of the molecule is Cc1nc(-c2ccsc2)sc1C(=O)NCCC(=O)N1CCCCCC1. The first-order valence-electron chi connectivity index (χ1n) is 8.71. The molecule has 2 aromatic rings. The number of likely N-dealkylation sites (tertiary alicyclic amines) is 1. The Labute approximate surface area is 156 Å². The zero-order valence-electron chi connectivity index (χ0n) is 14.4. The fourth-order valence-corrected chi connectivity index (χ4v) is 4.65. The lowest BCUT2D eigenvalue weighted by Gasteiger charge is -2.20. The van der Waals surface area contributed by atoms with E-state index in [-0.39, 0.29) is 11.8 Å². The number of thiophene rings is 1. The number of rotatable bonds is 5. The Hall–Kier alpha value is -1.73. The molecular weight excluding hydrogens is 354 g/mol. The van der Waals surface area contributed by atoms with E-state index in [1.165, 1.54) is 24.2 Å². The van der Waals surface area contributed by atoms with E-state index in [9.17, 15) is 9.59 Å². The van der Waals surface area contributed by atoms with E-state index in [0.29, 0.717) is 17.8 Å². The van der Waals surface area contributed by atoms with Crippen LogP contribution in [0.25, 0.3) is 10.6 Å². The minimum atomic E-state index is -0.139. The summed E-state index contributed by atoms with van der Waals surface area (Å²) >= 11 is 3.02. The molecule has 1 aliphatic heterocycles. The average Bonchev–Trinajstić information content (AvgIpc) is 3.17. The number of nitrogens with one attached hydrogen (secondary N) is 1. The number of nitrogens with zero attached hydrogens (tertiary/aromatic N) is 2. The van der Waals surface area contributed by atoms with Gasteiger partial charge in [-0.3, -0.25) is 9.59 Å². The average molecular weight is 378 g/mol. The second-order valence-electron chi connectivity index (χ2n) is 6.25. The predicted octanol–water partition coefficient (Wildman–Crippen LogP) is 3.70. The molecular formula is C18H23N3O2S2. The van der Waals surface area contributed by atoms with Gasteiger partial charge in [0.25, 0.3) is 5.91 Å². The number of hydrogen-bond acceptors (Lipinski definition) is 5. The van der Waals surface area contributed by atoms with Crippen molar-refractivity contribution in [1.29, 1.82) is 0 Å². The zero-order valence-corrected chi connectivity index (χ0v) is 16.0. The van der Waals surface area contributed by atoms with E-state index in [1.54, 1.807) is 11.3 Å². The first-order chi connectivity index (χ1) is 12.1. The van der Waals surface area contributed by atoms with Gasteiger partial charge in [0.15, 0.2) is 0 Å². The van der Waals surface area contributed by atoms with E-state index < -0.39 is 0 Å². The molecule has 5 nitrogen and oxygen atoms in total. The maximum atomic E-state index is 12.4. The van der Waals surface area contributed by atoms with Crippen molar-refractivity contribution in [1.82, 2.24) is 15.2 Å². The summed E-state index contributed by atoms with van der Waals surface area (Å²) in [5.74, 6) is 0.00216. The molecule has 0 aliphatic carbocycles. The fraction of sp³-hybridized carbons (Fsp3) is 0.500. The van der Waals surface area contributed by atoms with Crippen molar-refractivity contribution in [2.24, 2.45) is 0 Å². The van der Waals surface area contributed by atoms with Crippen molar-refractivity contribution in [2.75, 3.05) is 19.6 Å². The topological polar surface area (TPSA) is 62.3 Å². The highest BCUT2D eigenvalue weighted by molar-refractivity contribution is 7.17. The van der Waals surface area contributed by atoms with Gasteiger partial charge in [-0.1, -0.05) is 12.8 Å². The standard InChI is InChI=1S/C18H23N3O2S2/c1-13-16(25-18(20-13)14-7-11-24-12-14)17(23)19-8-6-15(22)21-9-4-2-3-5-10-21/h7,11-12H,2-6,8-10H2,1H3,(H,19,23). The monoisotopic (exact) mass is 377 g/mol. The van der Waals surface area contributed by atoms with E-state index in [0.717, 1.165) is 42.2 Å². The largest absolute Gasteiger partial charge is 0.351 e. The Morgan fingerprint density at radius 3 is 2.68 bits per heavy atom. The Morgan fingerprint density at radius 1 is 1.24 bits per heavy atom. The molecule has 0 spiro atoms. The molecule has 0 atom stereocenters. The van der Waals surface area contributed by atoms with Gasteiger partial charge in [0, 0.05) is 37.0 Å². The number of amides is 2. The number of thiazole rings is 1. The van der Waals surface area contributed by atoms with Gasteiger partial charge >= 0.3 is 0 Å². The number of carbonyl (C=O) groups is 2. The predicted molar refractivity (Wildman–Crippen MR) is 102 cm³/mol. The van der Waals surface area contributed by atoms with Crippen molar-refractivity contribution in [3.63, 3.8) is 0 Å².